The van der Waals surface area contributed by atoms with Crippen LogP contribution >= 0.6 is 11.3 Å². The summed E-state index contributed by atoms with van der Waals surface area (Å²) >= 11 is 1.72. The predicted molar refractivity (Wildman–Crippen MR) is 67.9 cm³/mol. The van der Waals surface area contributed by atoms with Crippen LogP contribution in [0.25, 0.3) is 10.2 Å². The average molecular weight is 233 g/mol. The molecule has 1 fully saturated rings. The van der Waals surface area contributed by atoms with E-state index < -0.39 is 0 Å². The van der Waals surface area contributed by atoms with Gasteiger partial charge in [0, 0.05) is 6.04 Å². The molecular weight excluding hydrogens is 218 g/mol. The van der Waals surface area contributed by atoms with E-state index in [0.29, 0.717) is 6.04 Å². The second-order valence-electron chi connectivity index (χ2n) is 4.34. The maximum Gasteiger partial charge on any atom is 0.147 e. The lowest BCUT2D eigenvalue weighted by Crippen LogP contribution is -2.22. The molecule has 2 aromatic heterocycles. The van der Waals surface area contributed by atoms with E-state index in [1.54, 1.807) is 17.7 Å². The van der Waals surface area contributed by atoms with Gasteiger partial charge in [0.25, 0.3) is 0 Å². The van der Waals surface area contributed by atoms with Crippen LogP contribution in [0, 0.1) is 0 Å². The van der Waals surface area contributed by atoms with Gasteiger partial charge in [-0.15, -0.1) is 11.3 Å². The van der Waals surface area contributed by atoms with Gasteiger partial charge in [0.15, 0.2) is 0 Å². The third kappa shape index (κ3) is 1.89. The number of anilines is 1. The minimum atomic E-state index is 0.606. The molecule has 2 heterocycles. The van der Waals surface area contributed by atoms with E-state index in [9.17, 15) is 0 Å². The molecule has 0 amide bonds. The minimum Gasteiger partial charge on any atom is -0.366 e. The van der Waals surface area contributed by atoms with Crippen molar-refractivity contribution < 1.29 is 0 Å². The third-order valence-corrected chi connectivity index (χ3v) is 4.10. The number of aromatic nitrogens is 2. The molecule has 2 aromatic rings. The number of thiophene rings is 1. The lowest BCUT2D eigenvalue weighted by molar-refractivity contribution is 0.462. The van der Waals surface area contributed by atoms with Gasteiger partial charge >= 0.3 is 0 Å². The quantitative estimate of drug-likeness (QED) is 0.863. The van der Waals surface area contributed by atoms with Crippen LogP contribution in [0.5, 0.6) is 0 Å². The summed E-state index contributed by atoms with van der Waals surface area (Å²) in [4.78, 5) is 8.62. The van der Waals surface area contributed by atoms with Gasteiger partial charge in [0.2, 0.25) is 0 Å². The van der Waals surface area contributed by atoms with E-state index in [1.165, 1.54) is 36.8 Å². The Kier molecular flexibility index (Phi) is 2.74. The van der Waals surface area contributed by atoms with E-state index in [0.717, 1.165) is 11.3 Å². The van der Waals surface area contributed by atoms with Crippen molar-refractivity contribution in [3.63, 3.8) is 0 Å². The molecule has 1 N–H and O–H groups in total. The van der Waals surface area contributed by atoms with Crippen molar-refractivity contribution in [1.29, 1.82) is 0 Å². The summed E-state index contributed by atoms with van der Waals surface area (Å²) in [7, 11) is 0. The van der Waals surface area contributed by atoms with E-state index in [1.807, 2.05) is 6.07 Å². The van der Waals surface area contributed by atoms with E-state index >= 15 is 0 Å². The van der Waals surface area contributed by atoms with Crippen LogP contribution in [0.1, 0.15) is 32.1 Å². The Balaban J connectivity index is 1.85. The van der Waals surface area contributed by atoms with Crippen molar-refractivity contribution in [3.8, 4) is 0 Å². The molecule has 0 saturated heterocycles. The number of hydrogen-bond acceptors (Lipinski definition) is 4. The number of hydrogen-bond donors (Lipinski definition) is 1. The zero-order valence-electron chi connectivity index (χ0n) is 9.15. The average Bonchev–Trinajstić information content (AvgIpc) is 2.80. The van der Waals surface area contributed by atoms with E-state index in [-0.39, 0.29) is 0 Å². The molecule has 0 spiro atoms. The Morgan fingerprint density at radius 3 is 2.94 bits per heavy atom. The Hall–Kier alpha value is -1.16. The van der Waals surface area contributed by atoms with Crippen molar-refractivity contribution in [1.82, 2.24) is 9.97 Å². The zero-order valence-corrected chi connectivity index (χ0v) is 9.96. The maximum absolute atomic E-state index is 4.36. The van der Waals surface area contributed by atoms with Crippen LogP contribution in [-0.2, 0) is 0 Å². The highest BCUT2D eigenvalue weighted by Crippen LogP contribution is 2.27. The standard InChI is InChI=1S/C12H15N3S/c1-2-4-9(5-3-1)15-12-11-10(6-7-16-11)13-8-14-12/h6-9H,1-5H2,(H,13,14,15). The number of rotatable bonds is 2. The fraction of sp³-hybridized carbons (Fsp3) is 0.500. The number of nitrogens with zero attached hydrogens (tertiary/aromatic N) is 2. The molecule has 4 heteroatoms. The zero-order chi connectivity index (χ0) is 10.8. The molecule has 1 saturated carbocycles. The predicted octanol–water partition coefficient (Wildman–Crippen LogP) is 3.44. The molecule has 1 aliphatic rings. The number of fused-ring (bicyclic) bond motifs is 1. The maximum atomic E-state index is 4.36. The lowest BCUT2D eigenvalue weighted by atomic mass is 9.95. The Labute approximate surface area is 98.9 Å². The smallest absolute Gasteiger partial charge is 0.147 e. The molecule has 0 unspecified atom stereocenters. The molecule has 0 aromatic carbocycles. The molecule has 0 bridgehead atoms. The monoisotopic (exact) mass is 233 g/mol. The van der Waals surface area contributed by atoms with Crippen LogP contribution in [0.15, 0.2) is 17.8 Å². The first kappa shape index (κ1) is 10.0. The molecule has 0 radical (unpaired) electrons. The summed E-state index contributed by atoms with van der Waals surface area (Å²) in [5, 5.41) is 5.64. The first-order valence-electron chi connectivity index (χ1n) is 5.88. The molecule has 84 valence electrons. The minimum absolute atomic E-state index is 0.606. The van der Waals surface area contributed by atoms with Crippen molar-refractivity contribution in [2.75, 3.05) is 5.32 Å². The van der Waals surface area contributed by atoms with Crippen molar-refractivity contribution in [3.05, 3.63) is 17.8 Å². The van der Waals surface area contributed by atoms with Gasteiger partial charge in [-0.3, -0.25) is 0 Å². The fourth-order valence-corrected chi connectivity index (χ4v) is 3.13. The first-order valence-corrected chi connectivity index (χ1v) is 6.76. The van der Waals surface area contributed by atoms with Gasteiger partial charge in [-0.1, -0.05) is 19.3 Å². The Morgan fingerprint density at radius 1 is 1.19 bits per heavy atom. The van der Waals surface area contributed by atoms with Crippen LogP contribution in [0.4, 0.5) is 5.82 Å². The van der Waals surface area contributed by atoms with Crippen LogP contribution in [0.2, 0.25) is 0 Å². The summed E-state index contributed by atoms with van der Waals surface area (Å²) in [5.74, 6) is 1.02. The second-order valence-corrected chi connectivity index (χ2v) is 5.25. The lowest BCUT2D eigenvalue weighted by Gasteiger charge is -2.23. The van der Waals surface area contributed by atoms with Crippen molar-refractivity contribution in [2.24, 2.45) is 0 Å². The topological polar surface area (TPSA) is 37.8 Å². The van der Waals surface area contributed by atoms with Gasteiger partial charge in [0.05, 0.1) is 10.2 Å². The van der Waals surface area contributed by atoms with Gasteiger partial charge in [-0.25, -0.2) is 9.97 Å². The van der Waals surface area contributed by atoms with Crippen molar-refractivity contribution >= 4 is 27.4 Å². The summed E-state index contributed by atoms with van der Waals surface area (Å²) in [6.07, 6.45) is 8.27. The second kappa shape index (κ2) is 4.37. The molecular formula is C12H15N3S. The van der Waals surface area contributed by atoms with Gasteiger partial charge in [-0.05, 0) is 24.3 Å². The highest BCUT2D eigenvalue weighted by molar-refractivity contribution is 7.17. The summed E-state index contributed by atoms with van der Waals surface area (Å²) in [6.45, 7) is 0. The van der Waals surface area contributed by atoms with Crippen molar-refractivity contribution in [2.45, 2.75) is 38.1 Å². The molecule has 3 rings (SSSR count). The summed E-state index contributed by atoms with van der Waals surface area (Å²) in [6, 6.07) is 2.65. The van der Waals surface area contributed by atoms with Crippen LogP contribution < -0.4 is 5.32 Å². The van der Waals surface area contributed by atoms with E-state index in [2.05, 4.69) is 20.7 Å². The molecule has 1 aliphatic carbocycles. The van der Waals surface area contributed by atoms with Crippen LogP contribution in [0.3, 0.4) is 0 Å². The van der Waals surface area contributed by atoms with Crippen LogP contribution in [-0.4, -0.2) is 16.0 Å². The van der Waals surface area contributed by atoms with Gasteiger partial charge in [-0.2, -0.15) is 0 Å². The molecule has 0 atom stereocenters. The highest BCUT2D eigenvalue weighted by Gasteiger charge is 2.15. The highest BCUT2D eigenvalue weighted by atomic mass is 32.1. The SMILES string of the molecule is c1nc(NC2CCCCC2)c2sccc2n1. The summed E-state index contributed by atoms with van der Waals surface area (Å²) < 4.78 is 1.19. The Bertz CT molecular complexity index is 474. The molecule has 3 nitrogen and oxygen atoms in total. The van der Waals surface area contributed by atoms with Gasteiger partial charge < -0.3 is 5.32 Å². The van der Waals surface area contributed by atoms with E-state index in [4.69, 9.17) is 0 Å². The molecule has 16 heavy (non-hydrogen) atoms. The van der Waals surface area contributed by atoms with Gasteiger partial charge in [0.1, 0.15) is 12.1 Å². The fourth-order valence-electron chi connectivity index (χ4n) is 2.33. The normalized spacial score (nSPS) is 17.8. The largest absolute Gasteiger partial charge is 0.366 e. The summed E-state index contributed by atoms with van der Waals surface area (Å²) in [5.41, 5.74) is 1.05. The Morgan fingerprint density at radius 2 is 2.06 bits per heavy atom. The molecule has 0 aliphatic heterocycles. The first-order chi connectivity index (χ1) is 7.93. The number of nitrogens with one attached hydrogen (secondary N) is 1. The third-order valence-electron chi connectivity index (χ3n) is 3.19.